The highest BCUT2D eigenvalue weighted by Gasteiger charge is 2.46. The maximum absolute atomic E-state index is 11.8. The van der Waals surface area contributed by atoms with Crippen molar-refractivity contribution in [2.75, 3.05) is 13.1 Å². The molecule has 0 aromatic heterocycles. The smallest absolute Gasteiger partial charge is 0.324 e. The first-order chi connectivity index (χ1) is 8.46. The first-order valence-corrected chi connectivity index (χ1v) is 7.44. The van der Waals surface area contributed by atoms with E-state index in [0.717, 1.165) is 38.8 Å². The fourth-order valence-corrected chi connectivity index (χ4v) is 3.68. The predicted molar refractivity (Wildman–Crippen MR) is 74.7 cm³/mol. The second-order valence-corrected chi connectivity index (χ2v) is 6.10. The van der Waals surface area contributed by atoms with Crippen molar-refractivity contribution in [2.24, 2.45) is 11.8 Å². The van der Waals surface area contributed by atoms with Gasteiger partial charge >= 0.3 is 5.97 Å². The summed E-state index contributed by atoms with van der Waals surface area (Å²) in [6, 6.07) is 0. The lowest BCUT2D eigenvalue weighted by molar-refractivity contribution is -0.155. The van der Waals surface area contributed by atoms with Crippen LogP contribution in [0, 0.1) is 11.8 Å². The Balaban J connectivity index is 2.86. The van der Waals surface area contributed by atoms with Gasteiger partial charge in [0.1, 0.15) is 5.54 Å². The first-order valence-electron chi connectivity index (χ1n) is 7.44. The molecule has 0 heterocycles. The largest absolute Gasteiger partial charge is 0.480 e. The summed E-state index contributed by atoms with van der Waals surface area (Å²) in [5.41, 5.74) is -0.596. The van der Waals surface area contributed by atoms with Crippen LogP contribution in [0.1, 0.15) is 59.8 Å². The van der Waals surface area contributed by atoms with Gasteiger partial charge in [-0.25, -0.2) is 0 Å². The van der Waals surface area contributed by atoms with Crippen molar-refractivity contribution in [1.82, 2.24) is 4.90 Å². The van der Waals surface area contributed by atoms with Crippen molar-refractivity contribution in [2.45, 2.75) is 65.3 Å². The van der Waals surface area contributed by atoms with E-state index >= 15 is 0 Å². The van der Waals surface area contributed by atoms with Gasteiger partial charge < -0.3 is 5.11 Å². The quantitative estimate of drug-likeness (QED) is 0.791. The number of hydrogen-bond acceptors (Lipinski definition) is 2. The fourth-order valence-electron chi connectivity index (χ4n) is 3.68. The van der Waals surface area contributed by atoms with Gasteiger partial charge in [0, 0.05) is 0 Å². The van der Waals surface area contributed by atoms with Gasteiger partial charge in [0.05, 0.1) is 0 Å². The summed E-state index contributed by atoms with van der Waals surface area (Å²) in [6.45, 7) is 10.3. The van der Waals surface area contributed by atoms with E-state index in [1.165, 1.54) is 6.42 Å². The molecule has 2 atom stereocenters. The molecule has 1 aliphatic carbocycles. The minimum Gasteiger partial charge on any atom is -0.480 e. The Hall–Kier alpha value is -0.570. The Kier molecular flexibility index (Phi) is 5.64. The Bertz CT molecular complexity index is 274. The molecular formula is C15H29NO2. The Morgan fingerprint density at radius 3 is 2.44 bits per heavy atom. The van der Waals surface area contributed by atoms with E-state index in [4.69, 9.17) is 0 Å². The second kappa shape index (κ2) is 6.55. The molecule has 1 saturated carbocycles. The lowest BCUT2D eigenvalue weighted by Crippen LogP contribution is -2.57. The normalized spacial score (nSPS) is 28.9. The third-order valence-electron chi connectivity index (χ3n) is 4.40. The van der Waals surface area contributed by atoms with E-state index in [-0.39, 0.29) is 0 Å². The molecule has 1 N–H and O–H groups in total. The number of nitrogens with zero attached hydrogens (tertiary/aromatic N) is 1. The lowest BCUT2D eigenvalue weighted by Gasteiger charge is -2.45. The number of rotatable bonds is 6. The molecule has 0 spiro atoms. The Morgan fingerprint density at radius 1 is 1.39 bits per heavy atom. The first kappa shape index (κ1) is 15.5. The highest BCUT2D eigenvalue weighted by molar-refractivity contribution is 5.79. The van der Waals surface area contributed by atoms with Crippen LogP contribution in [-0.2, 0) is 4.79 Å². The summed E-state index contributed by atoms with van der Waals surface area (Å²) in [4.78, 5) is 14.0. The molecule has 106 valence electrons. The van der Waals surface area contributed by atoms with Crippen LogP contribution in [0.15, 0.2) is 0 Å². The molecule has 0 aromatic rings. The van der Waals surface area contributed by atoms with Crippen molar-refractivity contribution >= 4 is 5.97 Å². The third kappa shape index (κ3) is 3.25. The molecule has 1 aliphatic rings. The molecule has 3 nitrogen and oxygen atoms in total. The second-order valence-electron chi connectivity index (χ2n) is 6.10. The molecule has 18 heavy (non-hydrogen) atoms. The summed E-state index contributed by atoms with van der Waals surface area (Å²) in [5.74, 6) is 0.631. The van der Waals surface area contributed by atoms with Crippen molar-refractivity contribution in [1.29, 1.82) is 0 Å². The number of likely N-dealkylation sites (N-methyl/N-ethyl adjacent to an activating group) is 1. The maximum atomic E-state index is 11.8. The number of aliphatic carboxylic acids is 1. The molecule has 0 aromatic carbocycles. The summed E-state index contributed by atoms with van der Waals surface area (Å²) in [7, 11) is 0. The van der Waals surface area contributed by atoms with E-state index in [1.807, 2.05) is 0 Å². The molecule has 1 rings (SSSR count). The molecule has 0 aliphatic heterocycles. The molecule has 0 amide bonds. The summed E-state index contributed by atoms with van der Waals surface area (Å²) in [6.07, 6.45) is 5.08. The van der Waals surface area contributed by atoms with E-state index in [9.17, 15) is 9.90 Å². The monoisotopic (exact) mass is 255 g/mol. The molecule has 1 fully saturated rings. The van der Waals surface area contributed by atoms with Crippen LogP contribution in [0.3, 0.4) is 0 Å². The zero-order chi connectivity index (χ0) is 13.8. The average Bonchev–Trinajstić information content (AvgIpc) is 2.29. The molecule has 3 heteroatoms. The van der Waals surface area contributed by atoms with Gasteiger partial charge in [-0.3, -0.25) is 9.69 Å². The SMILES string of the molecule is CCN(CC)C1(C(=O)O)CCCC(CC(C)C)C1. The van der Waals surface area contributed by atoms with Crippen LogP contribution in [-0.4, -0.2) is 34.6 Å². The van der Waals surface area contributed by atoms with E-state index in [1.54, 1.807) is 0 Å². The van der Waals surface area contributed by atoms with Gasteiger partial charge in [-0.15, -0.1) is 0 Å². The Labute approximate surface area is 112 Å². The standard InChI is InChI=1S/C15H29NO2/c1-5-16(6-2)15(14(17)18)9-7-8-13(11-15)10-12(3)4/h12-13H,5-11H2,1-4H3,(H,17,18). The lowest BCUT2D eigenvalue weighted by atomic mass is 9.72. The van der Waals surface area contributed by atoms with Gasteiger partial charge in [0.2, 0.25) is 0 Å². The molecule has 2 unspecified atom stereocenters. The van der Waals surface area contributed by atoms with E-state index in [0.29, 0.717) is 11.8 Å². The van der Waals surface area contributed by atoms with Crippen molar-refractivity contribution < 1.29 is 9.90 Å². The highest BCUT2D eigenvalue weighted by Crippen LogP contribution is 2.39. The van der Waals surface area contributed by atoms with Crippen LogP contribution < -0.4 is 0 Å². The minimum atomic E-state index is -0.611. The number of carbonyl (C=O) groups is 1. The molecule has 0 radical (unpaired) electrons. The zero-order valence-electron chi connectivity index (χ0n) is 12.4. The van der Waals surface area contributed by atoms with Crippen molar-refractivity contribution in [3.63, 3.8) is 0 Å². The summed E-state index contributed by atoms with van der Waals surface area (Å²) in [5, 5.41) is 9.73. The number of carboxylic acid groups (broad SMARTS) is 1. The minimum absolute atomic E-state index is 0.579. The fraction of sp³-hybridized carbons (Fsp3) is 0.933. The van der Waals surface area contributed by atoms with Crippen LogP contribution in [0.2, 0.25) is 0 Å². The van der Waals surface area contributed by atoms with Crippen LogP contribution in [0.25, 0.3) is 0 Å². The van der Waals surface area contributed by atoms with Gasteiger partial charge in [-0.2, -0.15) is 0 Å². The van der Waals surface area contributed by atoms with Gasteiger partial charge in [0.25, 0.3) is 0 Å². The van der Waals surface area contributed by atoms with Gasteiger partial charge in [-0.1, -0.05) is 40.5 Å². The average molecular weight is 255 g/mol. The zero-order valence-corrected chi connectivity index (χ0v) is 12.4. The van der Waals surface area contributed by atoms with Gasteiger partial charge in [-0.05, 0) is 44.2 Å². The van der Waals surface area contributed by atoms with E-state index in [2.05, 4.69) is 32.6 Å². The Morgan fingerprint density at radius 2 is 2.00 bits per heavy atom. The molecule has 0 bridgehead atoms. The summed E-state index contributed by atoms with van der Waals surface area (Å²) < 4.78 is 0. The van der Waals surface area contributed by atoms with Crippen molar-refractivity contribution in [3.8, 4) is 0 Å². The van der Waals surface area contributed by atoms with Crippen LogP contribution in [0.5, 0.6) is 0 Å². The number of hydrogen-bond donors (Lipinski definition) is 1. The molecular weight excluding hydrogens is 226 g/mol. The van der Waals surface area contributed by atoms with Crippen LogP contribution >= 0.6 is 0 Å². The number of carboxylic acids is 1. The van der Waals surface area contributed by atoms with E-state index < -0.39 is 11.5 Å². The van der Waals surface area contributed by atoms with Gasteiger partial charge in [0.15, 0.2) is 0 Å². The topological polar surface area (TPSA) is 40.5 Å². The predicted octanol–water partition coefficient (Wildman–Crippen LogP) is 3.39. The maximum Gasteiger partial charge on any atom is 0.324 e. The summed E-state index contributed by atoms with van der Waals surface area (Å²) >= 11 is 0. The highest BCUT2D eigenvalue weighted by atomic mass is 16.4. The van der Waals surface area contributed by atoms with Crippen LogP contribution in [0.4, 0.5) is 0 Å². The third-order valence-corrected chi connectivity index (χ3v) is 4.40. The molecule has 0 saturated heterocycles. The van der Waals surface area contributed by atoms with Crippen molar-refractivity contribution in [3.05, 3.63) is 0 Å².